The second-order valence-electron chi connectivity index (χ2n) is 4.14. The molecule has 5 nitrogen and oxygen atoms in total. The van der Waals surface area contributed by atoms with Crippen molar-refractivity contribution in [2.24, 2.45) is 12.8 Å². The van der Waals surface area contributed by atoms with Crippen molar-refractivity contribution in [3.63, 3.8) is 0 Å². The quantitative estimate of drug-likeness (QED) is 0.883. The van der Waals surface area contributed by atoms with Crippen molar-refractivity contribution in [1.29, 1.82) is 0 Å². The highest BCUT2D eigenvalue weighted by Gasteiger charge is 2.17. The van der Waals surface area contributed by atoms with Gasteiger partial charge in [0.2, 0.25) is 5.82 Å². The van der Waals surface area contributed by atoms with Gasteiger partial charge < -0.3 is 15.6 Å². The van der Waals surface area contributed by atoms with Gasteiger partial charge in [-0.2, -0.15) is 4.39 Å². The minimum absolute atomic E-state index is 0.0722. The van der Waals surface area contributed by atoms with E-state index in [-0.39, 0.29) is 11.4 Å². The van der Waals surface area contributed by atoms with Crippen LogP contribution in [0.5, 0.6) is 0 Å². The average Bonchev–Trinajstić information content (AvgIpc) is 2.41. The van der Waals surface area contributed by atoms with Crippen molar-refractivity contribution >= 4 is 33.2 Å². The Labute approximate surface area is 126 Å². The number of hydrogen-bond acceptors (Lipinski definition) is 3. The number of rotatable bonds is 3. The third kappa shape index (κ3) is 2.94. The Hall–Kier alpha value is -2.22. The molecule has 1 radical (unpaired) electrons. The SMILES string of the molecule is Cn1c(C(N)=O)[c]c(Nc2ccc(Br)cc2F)c(F)c1=O. The Morgan fingerprint density at radius 3 is 2.67 bits per heavy atom. The molecule has 1 aromatic carbocycles. The predicted molar refractivity (Wildman–Crippen MR) is 76.4 cm³/mol. The Balaban J connectivity index is 2.54. The largest absolute Gasteiger partial charge is 0.364 e. The molecule has 0 atom stereocenters. The Morgan fingerprint density at radius 2 is 2.10 bits per heavy atom. The summed E-state index contributed by atoms with van der Waals surface area (Å²) in [6.45, 7) is 0. The molecule has 3 N–H and O–H groups in total. The first-order valence-electron chi connectivity index (χ1n) is 5.65. The maximum atomic E-state index is 13.9. The van der Waals surface area contributed by atoms with Crippen LogP contribution < -0.4 is 16.6 Å². The first kappa shape index (κ1) is 15.2. The number of benzene rings is 1. The number of carbonyl (C=O) groups excluding carboxylic acids is 1. The van der Waals surface area contributed by atoms with Crippen LogP contribution >= 0.6 is 15.9 Å². The molecule has 1 amide bonds. The fourth-order valence-corrected chi connectivity index (χ4v) is 1.98. The van der Waals surface area contributed by atoms with Gasteiger partial charge in [0.1, 0.15) is 11.5 Å². The van der Waals surface area contributed by atoms with E-state index in [0.29, 0.717) is 4.47 Å². The molecule has 1 heterocycles. The fourth-order valence-electron chi connectivity index (χ4n) is 1.65. The number of primary amides is 1. The molecule has 8 heteroatoms. The molecule has 2 aromatic rings. The van der Waals surface area contributed by atoms with Crippen LogP contribution in [0.3, 0.4) is 0 Å². The molecule has 2 rings (SSSR count). The highest BCUT2D eigenvalue weighted by atomic mass is 79.9. The lowest BCUT2D eigenvalue weighted by atomic mass is 10.2. The molecular formula is C13H9BrF2N3O2. The number of pyridine rings is 1. The van der Waals surface area contributed by atoms with Gasteiger partial charge in [-0.25, -0.2) is 4.39 Å². The smallest absolute Gasteiger partial charge is 0.289 e. The summed E-state index contributed by atoms with van der Waals surface area (Å²) < 4.78 is 28.8. The minimum Gasteiger partial charge on any atom is -0.364 e. The lowest BCUT2D eigenvalue weighted by Crippen LogP contribution is -2.29. The van der Waals surface area contributed by atoms with E-state index in [0.717, 1.165) is 10.6 Å². The standard InChI is InChI=1S/C13H9BrF2N3O2/c1-19-10(12(17)20)5-9(11(16)13(19)21)18-8-3-2-6(14)4-7(8)15/h2-4,18H,1H3,(H2,17,20). The van der Waals surface area contributed by atoms with E-state index in [4.69, 9.17) is 5.73 Å². The maximum Gasteiger partial charge on any atom is 0.289 e. The number of nitrogens with one attached hydrogen (secondary N) is 1. The van der Waals surface area contributed by atoms with Gasteiger partial charge in [0.15, 0.2) is 0 Å². The third-order valence-corrected chi connectivity index (χ3v) is 3.21. The fraction of sp³-hybridized carbons (Fsp3) is 0.0769. The van der Waals surface area contributed by atoms with E-state index >= 15 is 0 Å². The second kappa shape index (κ2) is 5.65. The minimum atomic E-state index is -1.19. The monoisotopic (exact) mass is 356 g/mol. The Morgan fingerprint density at radius 1 is 1.43 bits per heavy atom. The topological polar surface area (TPSA) is 77.1 Å². The number of nitrogens with zero attached hydrogens (tertiary/aromatic N) is 1. The van der Waals surface area contributed by atoms with Crippen molar-refractivity contribution in [3.05, 3.63) is 56.4 Å². The van der Waals surface area contributed by atoms with E-state index in [1.54, 1.807) is 0 Å². The summed E-state index contributed by atoms with van der Waals surface area (Å²) in [5, 5.41) is 2.38. The maximum absolute atomic E-state index is 13.9. The number of nitrogens with two attached hydrogens (primary N) is 1. The molecule has 0 saturated carbocycles. The molecule has 0 aliphatic rings. The van der Waals surface area contributed by atoms with Crippen LogP contribution in [0.2, 0.25) is 0 Å². The number of halogens is 3. The van der Waals surface area contributed by atoms with Gasteiger partial charge in [-0.3, -0.25) is 9.59 Å². The van der Waals surface area contributed by atoms with Crippen LogP contribution in [0.1, 0.15) is 10.5 Å². The third-order valence-electron chi connectivity index (χ3n) is 2.71. The second-order valence-corrected chi connectivity index (χ2v) is 5.06. The van der Waals surface area contributed by atoms with Crippen LogP contribution in [0, 0.1) is 17.7 Å². The van der Waals surface area contributed by atoms with Gasteiger partial charge in [0, 0.05) is 17.6 Å². The molecule has 0 fully saturated rings. The number of anilines is 2. The normalized spacial score (nSPS) is 10.5. The number of carbonyl (C=O) groups is 1. The van der Waals surface area contributed by atoms with Crippen molar-refractivity contribution in [1.82, 2.24) is 4.57 Å². The summed E-state index contributed by atoms with van der Waals surface area (Å²) >= 11 is 3.08. The molecule has 0 saturated heterocycles. The van der Waals surface area contributed by atoms with Gasteiger partial charge in [-0.15, -0.1) is 0 Å². The van der Waals surface area contributed by atoms with Crippen LogP contribution in [-0.4, -0.2) is 10.5 Å². The molecule has 1 aromatic heterocycles. The van der Waals surface area contributed by atoms with Crippen LogP contribution in [-0.2, 0) is 7.05 Å². The molecule has 0 spiro atoms. The van der Waals surface area contributed by atoms with E-state index in [2.05, 4.69) is 27.3 Å². The Bertz CT molecular complexity index is 790. The van der Waals surface area contributed by atoms with Gasteiger partial charge in [0.05, 0.1) is 11.4 Å². The zero-order valence-electron chi connectivity index (χ0n) is 10.7. The average molecular weight is 357 g/mol. The molecule has 0 unspecified atom stereocenters. The van der Waals surface area contributed by atoms with E-state index in [1.165, 1.54) is 19.2 Å². The summed E-state index contributed by atoms with van der Waals surface area (Å²) in [6.07, 6.45) is 0. The van der Waals surface area contributed by atoms with Crippen molar-refractivity contribution in [3.8, 4) is 0 Å². The molecule has 21 heavy (non-hydrogen) atoms. The zero-order valence-corrected chi connectivity index (χ0v) is 12.3. The highest BCUT2D eigenvalue weighted by Crippen LogP contribution is 2.24. The summed E-state index contributed by atoms with van der Waals surface area (Å²) in [4.78, 5) is 22.9. The van der Waals surface area contributed by atoms with Gasteiger partial charge in [-0.1, -0.05) is 15.9 Å². The molecular weight excluding hydrogens is 348 g/mol. The first-order chi connectivity index (χ1) is 9.81. The lowest BCUT2D eigenvalue weighted by molar-refractivity contribution is 0.0991. The summed E-state index contributed by atoms with van der Waals surface area (Å²) in [7, 11) is 1.19. The number of hydrogen-bond donors (Lipinski definition) is 2. The molecule has 0 aliphatic heterocycles. The van der Waals surface area contributed by atoms with Crippen molar-refractivity contribution in [2.75, 3.05) is 5.32 Å². The molecule has 109 valence electrons. The summed E-state index contributed by atoms with van der Waals surface area (Å²) in [5.41, 5.74) is 3.18. The van der Waals surface area contributed by atoms with Crippen LogP contribution in [0.15, 0.2) is 27.5 Å². The van der Waals surface area contributed by atoms with Gasteiger partial charge >= 0.3 is 0 Å². The van der Waals surface area contributed by atoms with Crippen LogP contribution in [0.25, 0.3) is 0 Å². The van der Waals surface area contributed by atoms with Crippen molar-refractivity contribution < 1.29 is 13.6 Å². The zero-order chi connectivity index (χ0) is 15.7. The van der Waals surface area contributed by atoms with Gasteiger partial charge in [-0.05, 0) is 18.2 Å². The summed E-state index contributed by atoms with van der Waals surface area (Å²) in [6, 6.07) is 6.37. The van der Waals surface area contributed by atoms with Gasteiger partial charge in [0.25, 0.3) is 11.5 Å². The van der Waals surface area contributed by atoms with E-state index in [1.807, 2.05) is 0 Å². The molecule has 0 aliphatic carbocycles. The number of aromatic nitrogens is 1. The van der Waals surface area contributed by atoms with E-state index in [9.17, 15) is 18.4 Å². The number of amides is 1. The summed E-state index contributed by atoms with van der Waals surface area (Å²) in [5.74, 6) is -2.81. The van der Waals surface area contributed by atoms with E-state index < -0.39 is 28.8 Å². The van der Waals surface area contributed by atoms with Crippen molar-refractivity contribution in [2.45, 2.75) is 0 Å². The highest BCUT2D eigenvalue weighted by molar-refractivity contribution is 9.10. The van der Waals surface area contributed by atoms with Crippen LogP contribution in [0.4, 0.5) is 20.2 Å². The lowest BCUT2D eigenvalue weighted by Gasteiger charge is -2.11. The Kier molecular flexibility index (Phi) is 4.08. The predicted octanol–water partition coefficient (Wildman–Crippen LogP) is 2.07. The molecule has 0 bridgehead atoms. The first-order valence-corrected chi connectivity index (χ1v) is 6.44.